The van der Waals surface area contributed by atoms with E-state index in [9.17, 15) is 14.4 Å². The van der Waals surface area contributed by atoms with E-state index >= 15 is 0 Å². The van der Waals surface area contributed by atoms with Crippen LogP contribution in [0.1, 0.15) is 21.6 Å². The van der Waals surface area contributed by atoms with Crippen LogP contribution in [0.3, 0.4) is 0 Å². The molecule has 0 radical (unpaired) electrons. The molecule has 9 heteroatoms. The Bertz CT molecular complexity index is 915. The van der Waals surface area contributed by atoms with Crippen LogP contribution in [-0.4, -0.2) is 71.9 Å². The van der Waals surface area contributed by atoms with Crippen molar-refractivity contribution in [3.63, 3.8) is 0 Å². The topological polar surface area (TPSA) is 94.7 Å². The normalized spacial score (nSPS) is 14.4. The van der Waals surface area contributed by atoms with Crippen LogP contribution in [0.4, 0.5) is 5.69 Å². The van der Waals surface area contributed by atoms with Crippen molar-refractivity contribution in [1.82, 2.24) is 14.8 Å². The Labute approximate surface area is 183 Å². The first-order valence-corrected chi connectivity index (χ1v) is 10.5. The smallest absolute Gasteiger partial charge is 0.355 e. The van der Waals surface area contributed by atoms with E-state index < -0.39 is 5.97 Å². The van der Waals surface area contributed by atoms with Crippen molar-refractivity contribution < 1.29 is 19.1 Å². The van der Waals surface area contributed by atoms with Crippen LogP contribution in [0.2, 0.25) is 0 Å². The number of nitrogens with zero attached hydrogens (tertiary/aromatic N) is 2. The second kappa shape index (κ2) is 9.90. The molecule has 2 amide bonds. The standard InChI is InChI=1S/C21H25BrN4O4/c1-14-4-3-5-15(2)20(14)24-18(27)12-25-6-8-26(9-7-25)19(28)13-30-21(29)17-10-16(22)11-23-17/h3-5,10-11,23H,6-9,12-13H2,1-2H3,(H,24,27). The number of hydrogen-bond acceptors (Lipinski definition) is 5. The quantitative estimate of drug-likeness (QED) is 0.623. The predicted molar refractivity (Wildman–Crippen MR) is 116 cm³/mol. The van der Waals surface area contributed by atoms with Crippen LogP contribution in [0.5, 0.6) is 0 Å². The monoisotopic (exact) mass is 476 g/mol. The van der Waals surface area contributed by atoms with E-state index in [0.717, 1.165) is 21.3 Å². The molecular weight excluding hydrogens is 452 g/mol. The first-order valence-electron chi connectivity index (χ1n) is 9.70. The third kappa shape index (κ3) is 5.70. The molecule has 160 valence electrons. The molecule has 1 saturated heterocycles. The molecule has 2 N–H and O–H groups in total. The molecule has 0 aliphatic carbocycles. The zero-order valence-electron chi connectivity index (χ0n) is 17.0. The number of halogens is 1. The van der Waals surface area contributed by atoms with Gasteiger partial charge in [-0.25, -0.2) is 4.79 Å². The molecule has 8 nitrogen and oxygen atoms in total. The number of nitrogens with one attached hydrogen (secondary N) is 2. The Kier molecular flexibility index (Phi) is 7.28. The third-order valence-electron chi connectivity index (χ3n) is 5.03. The molecule has 1 fully saturated rings. The van der Waals surface area contributed by atoms with Crippen molar-refractivity contribution >= 4 is 39.4 Å². The molecule has 0 bridgehead atoms. The van der Waals surface area contributed by atoms with E-state index in [1.54, 1.807) is 17.2 Å². The lowest BCUT2D eigenvalue weighted by Crippen LogP contribution is -2.51. The Morgan fingerprint density at radius 1 is 1.13 bits per heavy atom. The van der Waals surface area contributed by atoms with Gasteiger partial charge in [0.15, 0.2) is 6.61 Å². The van der Waals surface area contributed by atoms with E-state index in [2.05, 4.69) is 26.2 Å². The van der Waals surface area contributed by atoms with Gasteiger partial charge < -0.3 is 19.9 Å². The number of benzene rings is 1. The molecule has 2 aromatic rings. The summed E-state index contributed by atoms with van der Waals surface area (Å²) in [6.07, 6.45) is 1.62. The number of rotatable bonds is 6. The van der Waals surface area contributed by atoms with E-state index in [-0.39, 0.29) is 30.7 Å². The molecule has 1 aliphatic rings. The minimum absolute atomic E-state index is 0.0711. The molecule has 1 aliphatic heterocycles. The molecular formula is C21H25BrN4O4. The van der Waals surface area contributed by atoms with Gasteiger partial charge in [-0.15, -0.1) is 0 Å². The summed E-state index contributed by atoms with van der Waals surface area (Å²) >= 11 is 3.24. The molecule has 1 aromatic heterocycles. The van der Waals surface area contributed by atoms with E-state index in [4.69, 9.17) is 4.74 Å². The number of hydrogen-bond donors (Lipinski definition) is 2. The fourth-order valence-corrected chi connectivity index (χ4v) is 3.67. The van der Waals surface area contributed by atoms with Crippen LogP contribution >= 0.6 is 15.9 Å². The molecule has 2 heterocycles. The van der Waals surface area contributed by atoms with Crippen molar-refractivity contribution in [2.75, 3.05) is 44.6 Å². The number of piperazine rings is 1. The van der Waals surface area contributed by atoms with E-state index in [1.807, 2.05) is 36.9 Å². The number of aryl methyl sites for hydroxylation is 2. The lowest BCUT2D eigenvalue weighted by molar-refractivity contribution is -0.136. The lowest BCUT2D eigenvalue weighted by atomic mass is 10.1. The highest BCUT2D eigenvalue weighted by Crippen LogP contribution is 2.19. The number of esters is 1. The number of ether oxygens (including phenoxy) is 1. The Morgan fingerprint density at radius 2 is 1.80 bits per heavy atom. The van der Waals surface area contributed by atoms with Crippen LogP contribution in [0.25, 0.3) is 0 Å². The van der Waals surface area contributed by atoms with Gasteiger partial charge in [0, 0.05) is 42.5 Å². The number of aromatic nitrogens is 1. The minimum Gasteiger partial charge on any atom is -0.451 e. The number of anilines is 1. The summed E-state index contributed by atoms with van der Waals surface area (Å²) < 4.78 is 5.81. The van der Waals surface area contributed by atoms with Crippen LogP contribution < -0.4 is 5.32 Å². The number of carbonyl (C=O) groups is 3. The third-order valence-corrected chi connectivity index (χ3v) is 5.49. The highest BCUT2D eigenvalue weighted by atomic mass is 79.9. The Morgan fingerprint density at radius 3 is 2.40 bits per heavy atom. The summed E-state index contributed by atoms with van der Waals surface area (Å²) in [6, 6.07) is 7.49. The summed E-state index contributed by atoms with van der Waals surface area (Å²) in [5.41, 5.74) is 3.20. The summed E-state index contributed by atoms with van der Waals surface area (Å²) in [5, 5.41) is 2.98. The summed E-state index contributed by atoms with van der Waals surface area (Å²) in [5.74, 6) is -0.886. The second-order valence-corrected chi connectivity index (χ2v) is 8.20. The van der Waals surface area contributed by atoms with Crippen molar-refractivity contribution in [2.45, 2.75) is 13.8 Å². The van der Waals surface area contributed by atoms with E-state index in [0.29, 0.717) is 26.2 Å². The number of aromatic amines is 1. The first kappa shape index (κ1) is 22.0. The maximum absolute atomic E-state index is 12.4. The SMILES string of the molecule is Cc1cccc(C)c1NC(=O)CN1CCN(C(=O)COC(=O)c2cc(Br)c[nH]2)CC1. The molecule has 0 atom stereocenters. The average Bonchev–Trinajstić information content (AvgIpc) is 3.16. The maximum Gasteiger partial charge on any atom is 0.355 e. The van der Waals surface area contributed by atoms with Gasteiger partial charge in [0.1, 0.15) is 5.69 Å². The van der Waals surface area contributed by atoms with Gasteiger partial charge in [-0.05, 0) is 47.0 Å². The second-order valence-electron chi connectivity index (χ2n) is 7.28. The lowest BCUT2D eigenvalue weighted by Gasteiger charge is -2.34. The molecule has 30 heavy (non-hydrogen) atoms. The van der Waals surface area contributed by atoms with Gasteiger partial charge in [0.2, 0.25) is 5.91 Å². The summed E-state index contributed by atoms with van der Waals surface area (Å²) in [4.78, 5) is 43.1. The van der Waals surface area contributed by atoms with Crippen molar-refractivity contribution in [1.29, 1.82) is 0 Å². The maximum atomic E-state index is 12.4. The summed E-state index contributed by atoms with van der Waals surface area (Å²) in [7, 11) is 0. The number of H-pyrrole nitrogens is 1. The zero-order chi connectivity index (χ0) is 21.7. The average molecular weight is 477 g/mol. The van der Waals surface area contributed by atoms with Crippen LogP contribution in [0.15, 0.2) is 34.9 Å². The van der Waals surface area contributed by atoms with Crippen molar-refractivity contribution in [3.8, 4) is 0 Å². The van der Waals surface area contributed by atoms with Gasteiger partial charge in [0.25, 0.3) is 5.91 Å². The van der Waals surface area contributed by atoms with Gasteiger partial charge in [-0.2, -0.15) is 0 Å². The largest absolute Gasteiger partial charge is 0.451 e. The highest BCUT2D eigenvalue weighted by molar-refractivity contribution is 9.10. The minimum atomic E-state index is -0.573. The van der Waals surface area contributed by atoms with Crippen molar-refractivity contribution in [3.05, 3.63) is 51.8 Å². The highest BCUT2D eigenvalue weighted by Gasteiger charge is 2.24. The molecule has 0 unspecified atom stereocenters. The van der Waals surface area contributed by atoms with Gasteiger partial charge in [-0.3, -0.25) is 14.5 Å². The fourth-order valence-electron chi connectivity index (χ4n) is 3.33. The molecule has 0 saturated carbocycles. The van der Waals surface area contributed by atoms with E-state index in [1.165, 1.54) is 0 Å². The molecule has 3 rings (SSSR count). The summed E-state index contributed by atoms with van der Waals surface area (Å²) in [6.45, 7) is 6.05. The van der Waals surface area contributed by atoms with Crippen molar-refractivity contribution in [2.24, 2.45) is 0 Å². The van der Waals surface area contributed by atoms with Gasteiger partial charge in [0.05, 0.1) is 6.54 Å². The first-order chi connectivity index (χ1) is 14.3. The number of para-hydroxylation sites is 1. The molecule has 0 spiro atoms. The Hall–Kier alpha value is -2.65. The fraction of sp³-hybridized carbons (Fsp3) is 0.381. The number of carbonyl (C=O) groups excluding carboxylic acids is 3. The zero-order valence-corrected chi connectivity index (χ0v) is 18.6. The van der Waals surface area contributed by atoms with Crippen LogP contribution in [0, 0.1) is 13.8 Å². The van der Waals surface area contributed by atoms with Gasteiger partial charge in [-0.1, -0.05) is 18.2 Å². The van der Waals surface area contributed by atoms with Crippen LogP contribution in [-0.2, 0) is 14.3 Å². The Balaban J connectivity index is 1.41. The molecule has 1 aromatic carbocycles. The predicted octanol–water partition coefficient (Wildman–Crippen LogP) is 2.33. The number of amides is 2. The van der Waals surface area contributed by atoms with Gasteiger partial charge >= 0.3 is 5.97 Å².